The van der Waals surface area contributed by atoms with E-state index in [0.29, 0.717) is 34.8 Å². The smallest absolute Gasteiger partial charge is 0.323 e. The summed E-state index contributed by atoms with van der Waals surface area (Å²) in [6.07, 6.45) is 5.13. The highest BCUT2D eigenvalue weighted by Gasteiger charge is 2.44. The van der Waals surface area contributed by atoms with Crippen LogP contribution in [0.3, 0.4) is 0 Å². The summed E-state index contributed by atoms with van der Waals surface area (Å²) in [6, 6.07) is 12.3. The van der Waals surface area contributed by atoms with Crippen molar-refractivity contribution in [3.8, 4) is 11.8 Å². The van der Waals surface area contributed by atoms with Crippen LogP contribution in [0.2, 0.25) is 0 Å². The Morgan fingerprint density at radius 1 is 1.06 bits per heavy atom. The summed E-state index contributed by atoms with van der Waals surface area (Å²) in [6.45, 7) is 1.81. The number of nitrogens with zero attached hydrogens (tertiary/aromatic N) is 2. The number of rotatable bonds is 1. The van der Waals surface area contributed by atoms with E-state index in [2.05, 4.69) is 27.0 Å². The second-order valence-corrected chi connectivity index (χ2v) is 9.39. The van der Waals surface area contributed by atoms with Crippen LogP contribution >= 0.6 is 12.4 Å². The molecular weight excluding hydrogens is 440 g/mol. The van der Waals surface area contributed by atoms with Gasteiger partial charge in [-0.1, -0.05) is 6.07 Å². The van der Waals surface area contributed by atoms with E-state index in [-0.39, 0.29) is 23.9 Å². The van der Waals surface area contributed by atoms with Gasteiger partial charge < -0.3 is 14.7 Å². The lowest BCUT2D eigenvalue weighted by Gasteiger charge is -2.46. The lowest BCUT2D eigenvalue weighted by Crippen LogP contribution is -2.54. The first-order chi connectivity index (χ1) is 15.5. The van der Waals surface area contributed by atoms with E-state index >= 15 is 0 Å². The number of piperidine rings is 1. The minimum Gasteiger partial charge on any atom is -0.486 e. The molecule has 1 spiro atoms. The van der Waals surface area contributed by atoms with E-state index in [4.69, 9.17) is 10.00 Å². The number of benzene rings is 2. The molecule has 1 saturated heterocycles. The maximum absolute atomic E-state index is 13.0. The van der Waals surface area contributed by atoms with Gasteiger partial charge in [0.25, 0.3) is 0 Å². The Morgan fingerprint density at radius 2 is 1.82 bits per heavy atom. The van der Waals surface area contributed by atoms with Crippen LogP contribution in [0.25, 0.3) is 11.0 Å². The third-order valence-electron chi connectivity index (χ3n) is 7.49. The van der Waals surface area contributed by atoms with E-state index in [0.717, 1.165) is 50.8 Å². The van der Waals surface area contributed by atoms with E-state index in [1.807, 2.05) is 12.1 Å². The van der Waals surface area contributed by atoms with Crippen molar-refractivity contribution in [2.24, 2.45) is 0 Å². The van der Waals surface area contributed by atoms with Crippen molar-refractivity contribution in [3.63, 3.8) is 0 Å². The highest BCUT2D eigenvalue weighted by atomic mass is 35.5. The molecule has 2 aromatic carbocycles. The minimum absolute atomic E-state index is 0. The molecule has 33 heavy (non-hydrogen) atoms. The van der Waals surface area contributed by atoms with Crippen LogP contribution in [0.1, 0.15) is 52.7 Å². The number of halogens is 1. The Balaban J connectivity index is 0.00000228. The monoisotopic (exact) mass is 464 g/mol. The molecule has 0 amide bonds. The summed E-state index contributed by atoms with van der Waals surface area (Å²) in [5.74, 6) is 0.667. The van der Waals surface area contributed by atoms with Crippen molar-refractivity contribution in [2.75, 3.05) is 13.1 Å². The van der Waals surface area contributed by atoms with Gasteiger partial charge in [-0.2, -0.15) is 5.26 Å². The number of hydrogen-bond acceptors (Lipinski definition) is 5. The Bertz CT molecular complexity index is 1340. The van der Waals surface area contributed by atoms with Gasteiger partial charge in [-0.05, 0) is 48.6 Å². The molecule has 1 fully saturated rings. The SMILES string of the molecule is Cl.N#Cc1ccc2c(c1)CCC(N1CCC3(CC1)CC(=O)c1cc4[nH]c(=O)[nH]c4cc1O3)C2. The fourth-order valence-electron chi connectivity index (χ4n) is 5.71. The highest BCUT2D eigenvalue weighted by Crippen LogP contribution is 2.41. The van der Waals surface area contributed by atoms with E-state index in [1.54, 1.807) is 12.1 Å². The maximum atomic E-state index is 13.0. The highest BCUT2D eigenvalue weighted by molar-refractivity contribution is 6.03. The minimum atomic E-state index is -0.459. The van der Waals surface area contributed by atoms with Gasteiger partial charge >= 0.3 is 5.69 Å². The summed E-state index contributed by atoms with van der Waals surface area (Å²) < 4.78 is 6.45. The Morgan fingerprint density at radius 3 is 2.58 bits per heavy atom. The molecule has 8 heteroatoms. The number of fused-ring (bicyclic) bond motifs is 3. The second-order valence-electron chi connectivity index (χ2n) is 9.39. The number of carbonyl (C=O) groups excluding carboxylic acids is 1. The van der Waals surface area contributed by atoms with Gasteiger partial charge in [0.2, 0.25) is 0 Å². The lowest BCUT2D eigenvalue weighted by atomic mass is 9.80. The zero-order valence-corrected chi connectivity index (χ0v) is 19.0. The predicted octanol–water partition coefficient (Wildman–Crippen LogP) is 3.51. The molecule has 0 saturated carbocycles. The largest absolute Gasteiger partial charge is 0.486 e. The number of ether oxygens (including phenoxy) is 1. The Labute approximate surface area is 197 Å². The molecule has 1 atom stereocenters. The summed E-state index contributed by atoms with van der Waals surface area (Å²) in [7, 11) is 0. The zero-order chi connectivity index (χ0) is 21.9. The summed E-state index contributed by atoms with van der Waals surface area (Å²) >= 11 is 0. The van der Waals surface area contributed by atoms with Gasteiger partial charge in [-0.15, -0.1) is 12.4 Å². The van der Waals surface area contributed by atoms with Crippen LogP contribution in [-0.2, 0) is 12.8 Å². The van der Waals surface area contributed by atoms with Crippen molar-refractivity contribution >= 4 is 29.2 Å². The van der Waals surface area contributed by atoms with Crippen molar-refractivity contribution < 1.29 is 9.53 Å². The summed E-state index contributed by atoms with van der Waals surface area (Å²) in [5.41, 5.74) is 4.51. The number of likely N-dealkylation sites (tertiary alicyclic amines) is 1. The van der Waals surface area contributed by atoms with Crippen molar-refractivity contribution in [1.82, 2.24) is 14.9 Å². The summed E-state index contributed by atoms with van der Waals surface area (Å²) in [4.78, 5) is 32.6. The molecule has 170 valence electrons. The van der Waals surface area contributed by atoms with Crippen LogP contribution in [-0.4, -0.2) is 45.4 Å². The van der Waals surface area contributed by atoms with Crippen molar-refractivity contribution in [2.45, 2.75) is 50.2 Å². The van der Waals surface area contributed by atoms with Gasteiger partial charge in [0.05, 0.1) is 34.7 Å². The van der Waals surface area contributed by atoms with E-state index < -0.39 is 5.60 Å². The Hall–Kier alpha value is -3.08. The predicted molar refractivity (Wildman–Crippen MR) is 126 cm³/mol. The number of Topliss-reactive ketones (excluding diaryl/α,β-unsaturated/α-hetero) is 1. The summed E-state index contributed by atoms with van der Waals surface area (Å²) in [5, 5.41) is 9.14. The van der Waals surface area contributed by atoms with Gasteiger partial charge in [0.15, 0.2) is 5.78 Å². The molecule has 6 rings (SSSR count). The molecule has 3 heterocycles. The topological polar surface area (TPSA) is 102 Å². The maximum Gasteiger partial charge on any atom is 0.323 e. The number of aryl methyl sites for hydroxylation is 1. The van der Waals surface area contributed by atoms with Crippen LogP contribution in [0.15, 0.2) is 35.1 Å². The third kappa shape index (κ3) is 3.73. The molecule has 0 radical (unpaired) electrons. The molecule has 3 aliphatic rings. The molecule has 2 N–H and O–H groups in total. The van der Waals surface area contributed by atoms with Crippen LogP contribution in [0.4, 0.5) is 0 Å². The molecule has 1 unspecified atom stereocenters. The van der Waals surface area contributed by atoms with Crippen LogP contribution < -0.4 is 10.4 Å². The fraction of sp³-hybridized carbons (Fsp3) is 0.400. The van der Waals surface area contributed by atoms with Crippen molar-refractivity contribution in [1.29, 1.82) is 5.26 Å². The molecule has 7 nitrogen and oxygen atoms in total. The van der Waals surface area contributed by atoms with Crippen LogP contribution in [0, 0.1) is 11.3 Å². The van der Waals surface area contributed by atoms with Gasteiger partial charge in [0.1, 0.15) is 11.4 Å². The number of aromatic nitrogens is 2. The molecule has 1 aromatic heterocycles. The fourth-order valence-corrected chi connectivity index (χ4v) is 5.71. The number of aromatic amines is 2. The first kappa shape index (κ1) is 21.7. The molecular formula is C25H25ClN4O3. The van der Waals surface area contributed by atoms with Gasteiger partial charge in [-0.3, -0.25) is 9.69 Å². The number of H-pyrrole nitrogens is 2. The third-order valence-corrected chi connectivity index (χ3v) is 7.49. The van der Waals surface area contributed by atoms with Gasteiger partial charge in [0, 0.05) is 38.0 Å². The lowest BCUT2D eigenvalue weighted by molar-refractivity contribution is -0.0199. The number of ketones is 1. The first-order valence-corrected chi connectivity index (χ1v) is 11.3. The zero-order valence-electron chi connectivity index (χ0n) is 18.1. The standard InChI is InChI=1S/C25H24N4O3.ClH/c26-14-15-1-2-17-10-18(4-3-16(17)9-15)29-7-5-25(6-8-29)13-22(30)19-11-20-21(12-23(19)32-25)28-24(31)27-20;/h1-2,9,11-12,18H,3-8,10,13H2,(H2,27,28,31);1H. The van der Waals surface area contributed by atoms with E-state index in [1.165, 1.54) is 11.1 Å². The normalized spacial score (nSPS) is 21.5. The first-order valence-electron chi connectivity index (χ1n) is 11.3. The number of imidazole rings is 1. The molecule has 1 aliphatic carbocycles. The number of nitriles is 1. The molecule has 3 aromatic rings. The number of hydrogen-bond donors (Lipinski definition) is 2. The molecule has 2 aliphatic heterocycles. The average Bonchev–Trinajstić information content (AvgIpc) is 3.16. The average molecular weight is 465 g/mol. The van der Waals surface area contributed by atoms with E-state index in [9.17, 15) is 9.59 Å². The van der Waals surface area contributed by atoms with Crippen LogP contribution in [0.5, 0.6) is 5.75 Å². The quantitative estimate of drug-likeness (QED) is 0.573. The number of nitrogens with one attached hydrogen (secondary N) is 2. The second kappa shape index (κ2) is 8.05. The Kier molecular flexibility index (Phi) is 5.31. The number of carbonyl (C=O) groups is 1. The van der Waals surface area contributed by atoms with Gasteiger partial charge in [-0.25, -0.2) is 4.79 Å². The van der Waals surface area contributed by atoms with Crippen molar-refractivity contribution in [3.05, 3.63) is 63.1 Å². The molecule has 0 bridgehead atoms.